The van der Waals surface area contributed by atoms with Gasteiger partial charge in [0.05, 0.1) is 13.2 Å². The van der Waals surface area contributed by atoms with Crippen molar-refractivity contribution in [3.05, 3.63) is 0 Å². The maximum Gasteiger partial charge on any atom is 0.246 e. The normalized spacial score (nSPS) is 11.4. The number of ether oxygens (including phenoxy) is 2. The zero-order valence-electron chi connectivity index (χ0n) is 8.73. The molecule has 0 heterocycles. The first-order valence-corrected chi connectivity index (χ1v) is 4.50. The van der Waals surface area contributed by atoms with Gasteiger partial charge in [0, 0.05) is 20.1 Å². The van der Waals surface area contributed by atoms with Crippen LogP contribution < -0.4 is 11.1 Å². The average molecular weight is 219 g/mol. The Morgan fingerprint density at radius 1 is 1.53 bits per heavy atom. The fourth-order valence-corrected chi connectivity index (χ4v) is 0.738. The standard InChI is InChI=1S/C8H17N3O4/c1-14-4-5-15-6-8(12)10-3-2-7(9)11-13/h13H,2-6H2,1H3,(H2,9,11)(H,10,12). The molecule has 4 N–H and O–H groups in total. The lowest BCUT2D eigenvalue weighted by Crippen LogP contribution is -2.31. The smallest absolute Gasteiger partial charge is 0.246 e. The summed E-state index contributed by atoms with van der Waals surface area (Å²) in [7, 11) is 1.56. The van der Waals surface area contributed by atoms with Gasteiger partial charge in [0.15, 0.2) is 0 Å². The van der Waals surface area contributed by atoms with Gasteiger partial charge in [0.2, 0.25) is 5.91 Å². The van der Waals surface area contributed by atoms with Crippen LogP contribution in [0, 0.1) is 0 Å². The number of methoxy groups -OCH3 is 1. The number of amidine groups is 1. The van der Waals surface area contributed by atoms with Crippen molar-refractivity contribution in [2.24, 2.45) is 10.9 Å². The molecular formula is C8H17N3O4. The minimum Gasteiger partial charge on any atom is -0.409 e. The van der Waals surface area contributed by atoms with Crippen LogP contribution in [-0.4, -0.2) is 50.4 Å². The first-order valence-electron chi connectivity index (χ1n) is 4.50. The SMILES string of the molecule is COCCOCC(=O)NCCC(N)=NO. The Morgan fingerprint density at radius 3 is 2.87 bits per heavy atom. The van der Waals surface area contributed by atoms with E-state index in [1.54, 1.807) is 7.11 Å². The van der Waals surface area contributed by atoms with E-state index in [2.05, 4.69) is 10.5 Å². The van der Waals surface area contributed by atoms with Gasteiger partial charge in [-0.05, 0) is 0 Å². The van der Waals surface area contributed by atoms with Crippen LogP contribution >= 0.6 is 0 Å². The second-order valence-electron chi connectivity index (χ2n) is 2.74. The van der Waals surface area contributed by atoms with Crippen LogP contribution in [0.3, 0.4) is 0 Å². The molecule has 0 aromatic heterocycles. The lowest BCUT2D eigenvalue weighted by Gasteiger charge is -2.05. The third-order valence-corrected chi connectivity index (χ3v) is 1.50. The monoisotopic (exact) mass is 219 g/mol. The summed E-state index contributed by atoms with van der Waals surface area (Å²) in [5.74, 6) is -0.160. The highest BCUT2D eigenvalue weighted by molar-refractivity contribution is 5.81. The van der Waals surface area contributed by atoms with Gasteiger partial charge in [-0.25, -0.2) is 0 Å². The molecule has 0 aliphatic rings. The Labute approximate surface area is 88.2 Å². The molecule has 0 saturated carbocycles. The Kier molecular flexibility index (Phi) is 8.40. The van der Waals surface area contributed by atoms with E-state index < -0.39 is 0 Å². The minimum atomic E-state index is -0.239. The summed E-state index contributed by atoms with van der Waals surface area (Å²) >= 11 is 0. The first kappa shape index (κ1) is 13.7. The van der Waals surface area contributed by atoms with Gasteiger partial charge < -0.3 is 25.7 Å². The lowest BCUT2D eigenvalue weighted by molar-refractivity contribution is -0.126. The topological polar surface area (TPSA) is 106 Å². The van der Waals surface area contributed by atoms with Crippen LogP contribution in [0.1, 0.15) is 6.42 Å². The van der Waals surface area contributed by atoms with E-state index in [0.29, 0.717) is 26.2 Å². The van der Waals surface area contributed by atoms with Crippen LogP contribution in [0.15, 0.2) is 5.16 Å². The molecule has 0 atom stereocenters. The summed E-state index contributed by atoms with van der Waals surface area (Å²) < 4.78 is 9.71. The molecule has 7 heteroatoms. The third kappa shape index (κ3) is 8.98. The Balaban J connectivity index is 3.34. The molecule has 0 aliphatic carbocycles. The van der Waals surface area contributed by atoms with Gasteiger partial charge in [-0.2, -0.15) is 0 Å². The summed E-state index contributed by atoms with van der Waals surface area (Å²) in [4.78, 5) is 11.1. The highest BCUT2D eigenvalue weighted by Gasteiger charge is 2.01. The molecule has 0 saturated heterocycles. The highest BCUT2D eigenvalue weighted by atomic mass is 16.5. The quantitative estimate of drug-likeness (QED) is 0.158. The predicted octanol–water partition coefficient (Wildman–Crippen LogP) is -1.10. The van der Waals surface area contributed by atoms with Gasteiger partial charge in [-0.1, -0.05) is 5.16 Å². The predicted molar refractivity (Wildman–Crippen MR) is 53.7 cm³/mol. The average Bonchev–Trinajstić information content (AvgIpc) is 2.24. The molecule has 0 aliphatic heterocycles. The molecule has 0 aromatic rings. The first-order chi connectivity index (χ1) is 7.20. The van der Waals surface area contributed by atoms with Crippen molar-refractivity contribution in [3.63, 3.8) is 0 Å². The van der Waals surface area contributed by atoms with Gasteiger partial charge in [0.25, 0.3) is 0 Å². The number of oxime groups is 1. The molecule has 0 unspecified atom stereocenters. The zero-order valence-corrected chi connectivity index (χ0v) is 8.73. The largest absolute Gasteiger partial charge is 0.409 e. The van der Waals surface area contributed by atoms with E-state index in [0.717, 1.165) is 0 Å². The van der Waals surface area contributed by atoms with E-state index in [9.17, 15) is 4.79 Å². The molecule has 0 bridgehead atoms. The Morgan fingerprint density at radius 2 is 2.27 bits per heavy atom. The molecule has 15 heavy (non-hydrogen) atoms. The Bertz CT molecular complexity index is 208. The zero-order chi connectivity index (χ0) is 11.5. The maximum atomic E-state index is 11.1. The van der Waals surface area contributed by atoms with Crippen LogP contribution in [0.4, 0.5) is 0 Å². The van der Waals surface area contributed by atoms with Crippen molar-refractivity contribution in [2.75, 3.05) is 33.5 Å². The number of carbonyl (C=O) groups excluding carboxylic acids is 1. The van der Waals surface area contributed by atoms with E-state index in [-0.39, 0.29) is 18.3 Å². The molecule has 88 valence electrons. The second-order valence-corrected chi connectivity index (χ2v) is 2.74. The van der Waals surface area contributed by atoms with Gasteiger partial charge >= 0.3 is 0 Å². The van der Waals surface area contributed by atoms with Crippen molar-refractivity contribution < 1.29 is 19.5 Å². The summed E-state index contributed by atoms with van der Waals surface area (Å²) in [5, 5.41) is 13.5. The van der Waals surface area contributed by atoms with E-state index >= 15 is 0 Å². The summed E-state index contributed by atoms with van der Waals surface area (Å²) in [6.45, 7) is 1.14. The fraction of sp³-hybridized carbons (Fsp3) is 0.750. The molecule has 0 radical (unpaired) electrons. The van der Waals surface area contributed by atoms with Crippen LogP contribution in [0.5, 0.6) is 0 Å². The van der Waals surface area contributed by atoms with Crippen LogP contribution in [0.2, 0.25) is 0 Å². The molecule has 1 amide bonds. The number of amides is 1. The Hall–Kier alpha value is -1.34. The summed E-state index contributed by atoms with van der Waals surface area (Å²) in [5.41, 5.74) is 5.20. The van der Waals surface area contributed by atoms with Crippen LogP contribution in [0.25, 0.3) is 0 Å². The molecule has 7 nitrogen and oxygen atoms in total. The lowest BCUT2D eigenvalue weighted by atomic mass is 10.4. The number of hydrogen-bond donors (Lipinski definition) is 3. The summed E-state index contributed by atoms with van der Waals surface area (Å²) in [6.07, 6.45) is 0.306. The number of hydrogen-bond acceptors (Lipinski definition) is 5. The van der Waals surface area contributed by atoms with Gasteiger partial charge in [-0.3, -0.25) is 4.79 Å². The van der Waals surface area contributed by atoms with E-state index in [1.165, 1.54) is 0 Å². The van der Waals surface area contributed by atoms with Crippen LogP contribution in [-0.2, 0) is 14.3 Å². The van der Waals surface area contributed by atoms with Crippen molar-refractivity contribution in [1.82, 2.24) is 5.32 Å². The number of rotatable bonds is 8. The molecule has 0 fully saturated rings. The highest BCUT2D eigenvalue weighted by Crippen LogP contribution is 1.79. The van der Waals surface area contributed by atoms with Crippen molar-refractivity contribution in [1.29, 1.82) is 0 Å². The molecule has 0 aromatic carbocycles. The van der Waals surface area contributed by atoms with E-state index in [4.69, 9.17) is 20.4 Å². The van der Waals surface area contributed by atoms with Gasteiger partial charge in [-0.15, -0.1) is 0 Å². The van der Waals surface area contributed by atoms with Crippen molar-refractivity contribution in [3.8, 4) is 0 Å². The molecule has 0 rings (SSSR count). The third-order valence-electron chi connectivity index (χ3n) is 1.50. The number of nitrogens with one attached hydrogen (secondary N) is 1. The summed E-state index contributed by atoms with van der Waals surface area (Å²) in [6, 6.07) is 0. The van der Waals surface area contributed by atoms with E-state index in [1.807, 2.05) is 0 Å². The number of nitrogens with zero attached hydrogens (tertiary/aromatic N) is 1. The number of carbonyl (C=O) groups is 1. The minimum absolute atomic E-state index is 0.0144. The number of nitrogens with two attached hydrogens (primary N) is 1. The second kappa shape index (κ2) is 9.22. The van der Waals surface area contributed by atoms with Crippen molar-refractivity contribution >= 4 is 11.7 Å². The fourth-order valence-electron chi connectivity index (χ4n) is 0.738. The van der Waals surface area contributed by atoms with Gasteiger partial charge in [0.1, 0.15) is 12.4 Å². The molecular weight excluding hydrogens is 202 g/mol. The van der Waals surface area contributed by atoms with Crippen molar-refractivity contribution in [2.45, 2.75) is 6.42 Å². The molecule has 0 spiro atoms. The maximum absolute atomic E-state index is 11.1.